The van der Waals surface area contributed by atoms with Gasteiger partial charge in [-0.25, -0.2) is 0 Å². The summed E-state index contributed by atoms with van der Waals surface area (Å²) < 4.78 is 0. The number of nitro benzene ring substituents is 1. The van der Waals surface area contributed by atoms with E-state index in [0.29, 0.717) is 11.8 Å². The standard InChI is InChI=1S/C19H19NO2/c21-20(22)18-12-10-17(11-13-18)19(14-4-2-1-3-5-14)15-6-7-16(19)9-8-15/h1-5,10-13,15-16H,6-9H2. The lowest BCUT2D eigenvalue weighted by atomic mass is 9.67. The molecule has 3 heteroatoms. The number of fused-ring (bicyclic) bond motifs is 2. The molecule has 0 saturated heterocycles. The normalized spacial score (nSPS) is 29.6. The smallest absolute Gasteiger partial charge is 0.258 e. The van der Waals surface area contributed by atoms with Crippen molar-refractivity contribution in [3.63, 3.8) is 0 Å². The third-order valence-electron chi connectivity index (χ3n) is 5.82. The molecule has 0 aromatic heterocycles. The fraction of sp³-hybridized carbons (Fsp3) is 0.368. The molecule has 2 fully saturated rings. The lowest BCUT2D eigenvalue weighted by Crippen LogP contribution is -2.33. The molecule has 112 valence electrons. The van der Waals surface area contributed by atoms with E-state index >= 15 is 0 Å². The zero-order valence-corrected chi connectivity index (χ0v) is 12.4. The Morgan fingerprint density at radius 2 is 1.32 bits per heavy atom. The van der Waals surface area contributed by atoms with Crippen molar-refractivity contribution < 1.29 is 4.92 Å². The number of rotatable bonds is 3. The molecule has 0 spiro atoms. The van der Waals surface area contributed by atoms with E-state index in [1.54, 1.807) is 12.1 Å². The molecule has 0 radical (unpaired) electrons. The highest BCUT2D eigenvalue weighted by atomic mass is 16.6. The molecule has 0 aliphatic heterocycles. The minimum absolute atomic E-state index is 0.0659. The van der Waals surface area contributed by atoms with Gasteiger partial charge in [0.2, 0.25) is 0 Å². The Hall–Kier alpha value is -2.16. The third-order valence-corrected chi connectivity index (χ3v) is 5.82. The average molecular weight is 293 g/mol. The summed E-state index contributed by atoms with van der Waals surface area (Å²) in [4.78, 5) is 10.6. The van der Waals surface area contributed by atoms with Crippen LogP contribution in [0.5, 0.6) is 0 Å². The van der Waals surface area contributed by atoms with Crippen molar-refractivity contribution in [1.29, 1.82) is 0 Å². The van der Waals surface area contributed by atoms with Gasteiger partial charge in [-0.1, -0.05) is 42.5 Å². The van der Waals surface area contributed by atoms with Gasteiger partial charge < -0.3 is 0 Å². The van der Waals surface area contributed by atoms with Crippen LogP contribution in [-0.2, 0) is 5.41 Å². The summed E-state index contributed by atoms with van der Waals surface area (Å²) >= 11 is 0. The van der Waals surface area contributed by atoms with Crippen molar-refractivity contribution in [3.05, 3.63) is 75.8 Å². The molecule has 2 aliphatic rings. The quantitative estimate of drug-likeness (QED) is 0.608. The van der Waals surface area contributed by atoms with Crippen molar-refractivity contribution in [2.45, 2.75) is 31.1 Å². The van der Waals surface area contributed by atoms with Crippen LogP contribution < -0.4 is 0 Å². The van der Waals surface area contributed by atoms with Crippen LogP contribution in [0.15, 0.2) is 54.6 Å². The first-order valence-electron chi connectivity index (χ1n) is 8.03. The maximum absolute atomic E-state index is 10.9. The van der Waals surface area contributed by atoms with E-state index in [-0.39, 0.29) is 16.0 Å². The van der Waals surface area contributed by atoms with Gasteiger partial charge in [-0.3, -0.25) is 10.1 Å². The zero-order valence-electron chi connectivity index (χ0n) is 12.4. The van der Waals surface area contributed by atoms with E-state index in [4.69, 9.17) is 0 Å². The van der Waals surface area contributed by atoms with Crippen LogP contribution in [0.4, 0.5) is 5.69 Å². The molecule has 3 nitrogen and oxygen atoms in total. The SMILES string of the molecule is O=[N+]([O-])c1ccc(C2(c3ccccc3)C3CCC2CC3)cc1. The fourth-order valence-corrected chi connectivity index (χ4v) is 5.02. The first kappa shape index (κ1) is 13.5. The molecule has 22 heavy (non-hydrogen) atoms. The summed E-state index contributed by atoms with van der Waals surface area (Å²) in [6, 6.07) is 18.1. The molecule has 0 heterocycles. The molecule has 0 atom stereocenters. The Bertz CT molecular complexity index is 673. The molecule has 2 saturated carbocycles. The van der Waals surface area contributed by atoms with Gasteiger partial charge in [0, 0.05) is 17.5 Å². The maximum atomic E-state index is 10.9. The van der Waals surface area contributed by atoms with Gasteiger partial charge in [-0.05, 0) is 48.6 Å². The van der Waals surface area contributed by atoms with Crippen LogP contribution in [0.2, 0.25) is 0 Å². The van der Waals surface area contributed by atoms with Crippen molar-refractivity contribution in [2.24, 2.45) is 11.8 Å². The zero-order chi connectivity index (χ0) is 15.2. The Kier molecular flexibility index (Phi) is 3.03. The molecule has 2 aromatic carbocycles. The van der Waals surface area contributed by atoms with Crippen LogP contribution in [-0.4, -0.2) is 4.92 Å². The topological polar surface area (TPSA) is 43.1 Å². The molecule has 2 bridgehead atoms. The van der Waals surface area contributed by atoms with E-state index in [2.05, 4.69) is 30.3 Å². The van der Waals surface area contributed by atoms with Gasteiger partial charge in [0.1, 0.15) is 0 Å². The molecule has 0 unspecified atom stereocenters. The van der Waals surface area contributed by atoms with Gasteiger partial charge in [-0.15, -0.1) is 0 Å². The van der Waals surface area contributed by atoms with E-state index in [9.17, 15) is 10.1 Å². The van der Waals surface area contributed by atoms with Crippen LogP contribution in [0.3, 0.4) is 0 Å². The second-order valence-electron chi connectivity index (χ2n) is 6.59. The van der Waals surface area contributed by atoms with E-state index < -0.39 is 0 Å². The largest absolute Gasteiger partial charge is 0.269 e. The molecule has 0 amide bonds. The number of hydrogen-bond donors (Lipinski definition) is 0. The number of non-ortho nitro benzene ring substituents is 1. The third kappa shape index (κ3) is 1.75. The number of nitro groups is 1. The highest BCUT2D eigenvalue weighted by Crippen LogP contribution is 2.62. The Morgan fingerprint density at radius 3 is 1.82 bits per heavy atom. The second-order valence-corrected chi connectivity index (χ2v) is 6.59. The molecular formula is C19H19NO2. The summed E-state index contributed by atoms with van der Waals surface area (Å²) in [6.45, 7) is 0. The Labute approximate surface area is 130 Å². The van der Waals surface area contributed by atoms with Gasteiger partial charge in [-0.2, -0.15) is 0 Å². The fourth-order valence-electron chi connectivity index (χ4n) is 5.02. The minimum Gasteiger partial charge on any atom is -0.258 e. The second kappa shape index (κ2) is 4.94. The van der Waals surface area contributed by atoms with Gasteiger partial charge in [0.05, 0.1) is 4.92 Å². The maximum Gasteiger partial charge on any atom is 0.269 e. The Balaban J connectivity index is 1.87. The summed E-state index contributed by atoms with van der Waals surface area (Å²) in [5.41, 5.74) is 2.89. The van der Waals surface area contributed by atoms with Crippen molar-refractivity contribution in [2.75, 3.05) is 0 Å². The van der Waals surface area contributed by atoms with Crippen LogP contribution in [0.1, 0.15) is 36.8 Å². The highest BCUT2D eigenvalue weighted by molar-refractivity contribution is 5.47. The lowest BCUT2D eigenvalue weighted by Gasteiger charge is -2.36. The van der Waals surface area contributed by atoms with Crippen LogP contribution >= 0.6 is 0 Å². The van der Waals surface area contributed by atoms with E-state index in [1.807, 2.05) is 12.1 Å². The molecule has 4 rings (SSSR count). The van der Waals surface area contributed by atoms with Gasteiger partial charge in [0.25, 0.3) is 5.69 Å². The molecule has 2 aromatic rings. The van der Waals surface area contributed by atoms with Gasteiger partial charge >= 0.3 is 0 Å². The first-order chi connectivity index (χ1) is 10.7. The number of nitrogens with zero attached hydrogens (tertiary/aromatic N) is 1. The van der Waals surface area contributed by atoms with Crippen molar-refractivity contribution in [3.8, 4) is 0 Å². The average Bonchev–Trinajstić information content (AvgIpc) is 3.12. The minimum atomic E-state index is -0.317. The highest BCUT2D eigenvalue weighted by Gasteiger charge is 2.55. The predicted molar refractivity (Wildman–Crippen MR) is 85.8 cm³/mol. The number of benzene rings is 2. The summed E-state index contributed by atoms with van der Waals surface area (Å²) in [5, 5.41) is 10.9. The molecule has 0 N–H and O–H groups in total. The lowest BCUT2D eigenvalue weighted by molar-refractivity contribution is -0.384. The van der Waals surface area contributed by atoms with E-state index in [0.717, 1.165) is 0 Å². The molecular weight excluding hydrogens is 274 g/mol. The summed E-state index contributed by atoms with van der Waals surface area (Å²) in [7, 11) is 0. The van der Waals surface area contributed by atoms with Crippen molar-refractivity contribution >= 4 is 5.69 Å². The summed E-state index contributed by atoms with van der Waals surface area (Å²) in [5.74, 6) is 1.34. The number of hydrogen-bond acceptors (Lipinski definition) is 2. The Morgan fingerprint density at radius 1 is 0.818 bits per heavy atom. The molecule has 2 aliphatic carbocycles. The van der Waals surface area contributed by atoms with Crippen LogP contribution in [0, 0.1) is 22.0 Å². The van der Waals surface area contributed by atoms with Crippen LogP contribution in [0.25, 0.3) is 0 Å². The van der Waals surface area contributed by atoms with E-state index in [1.165, 1.54) is 36.8 Å². The monoisotopic (exact) mass is 293 g/mol. The summed E-state index contributed by atoms with van der Waals surface area (Å²) in [6.07, 6.45) is 5.10. The van der Waals surface area contributed by atoms with Gasteiger partial charge in [0.15, 0.2) is 0 Å². The first-order valence-corrected chi connectivity index (χ1v) is 8.03. The van der Waals surface area contributed by atoms with Crippen molar-refractivity contribution in [1.82, 2.24) is 0 Å². The predicted octanol–water partition coefficient (Wildman–Crippen LogP) is 4.70.